The van der Waals surface area contributed by atoms with Crippen LogP contribution in [0.3, 0.4) is 0 Å². The van der Waals surface area contributed by atoms with Crippen molar-refractivity contribution < 1.29 is 9.59 Å². The lowest BCUT2D eigenvalue weighted by Gasteiger charge is -2.38. The van der Waals surface area contributed by atoms with Crippen LogP contribution in [0.4, 0.5) is 0 Å². The Hall–Kier alpha value is -1.06. The molecule has 1 heterocycles. The fraction of sp³-hybridized carbons (Fsp3) is 0.889. The first kappa shape index (κ1) is 19.0. The lowest BCUT2D eigenvalue weighted by atomic mass is 9.75. The topological polar surface area (TPSA) is 49.4 Å². The molecule has 1 aliphatic rings. The molecule has 0 aliphatic carbocycles. The summed E-state index contributed by atoms with van der Waals surface area (Å²) in [5.41, 5.74) is 0.135. The standard InChI is InChI=1S/C18H34N2O2/c1-17(2,3)14-10-12-20(13-11-14)16(22)9-7-8-15(21)19-18(4,5)6/h14H,7-13H2,1-6H3,(H,19,21). The van der Waals surface area contributed by atoms with Crippen LogP contribution in [0.5, 0.6) is 0 Å². The number of nitrogens with zero attached hydrogens (tertiary/aromatic N) is 1. The molecule has 1 N–H and O–H groups in total. The van der Waals surface area contributed by atoms with Gasteiger partial charge in [-0.25, -0.2) is 0 Å². The van der Waals surface area contributed by atoms with Gasteiger partial charge in [-0.3, -0.25) is 9.59 Å². The number of piperidine rings is 1. The largest absolute Gasteiger partial charge is 0.352 e. The number of carbonyl (C=O) groups is 2. The average Bonchev–Trinajstić information content (AvgIpc) is 2.35. The van der Waals surface area contributed by atoms with Crippen LogP contribution in [-0.4, -0.2) is 35.3 Å². The van der Waals surface area contributed by atoms with Crippen LogP contribution in [0.2, 0.25) is 0 Å². The van der Waals surface area contributed by atoms with Crippen molar-refractivity contribution in [1.29, 1.82) is 0 Å². The fourth-order valence-electron chi connectivity index (χ4n) is 3.03. The second-order valence-corrected chi connectivity index (χ2v) is 8.67. The SMILES string of the molecule is CC(C)(C)NC(=O)CCCC(=O)N1CCC(C(C)(C)C)CC1. The molecule has 0 bridgehead atoms. The van der Waals surface area contributed by atoms with Gasteiger partial charge in [0, 0.05) is 31.5 Å². The molecule has 128 valence electrons. The van der Waals surface area contributed by atoms with E-state index in [9.17, 15) is 9.59 Å². The van der Waals surface area contributed by atoms with Crippen molar-refractivity contribution in [3.63, 3.8) is 0 Å². The normalized spacial score (nSPS) is 17.5. The van der Waals surface area contributed by atoms with Crippen LogP contribution in [0, 0.1) is 11.3 Å². The molecular weight excluding hydrogens is 276 g/mol. The van der Waals surface area contributed by atoms with Crippen LogP contribution in [-0.2, 0) is 9.59 Å². The quantitative estimate of drug-likeness (QED) is 0.865. The monoisotopic (exact) mass is 310 g/mol. The molecule has 22 heavy (non-hydrogen) atoms. The van der Waals surface area contributed by atoms with Gasteiger partial charge in [-0.2, -0.15) is 0 Å². The Labute approximate surface area is 136 Å². The number of rotatable bonds is 4. The molecule has 4 heteroatoms. The average molecular weight is 310 g/mol. The van der Waals surface area contributed by atoms with Gasteiger partial charge in [-0.05, 0) is 51.4 Å². The van der Waals surface area contributed by atoms with Crippen molar-refractivity contribution in [2.24, 2.45) is 11.3 Å². The van der Waals surface area contributed by atoms with Crippen molar-refractivity contribution in [3.8, 4) is 0 Å². The second kappa shape index (κ2) is 7.47. The summed E-state index contributed by atoms with van der Waals surface area (Å²) in [5.74, 6) is 0.941. The smallest absolute Gasteiger partial charge is 0.222 e. The van der Waals surface area contributed by atoms with Gasteiger partial charge in [0.15, 0.2) is 0 Å². The minimum Gasteiger partial charge on any atom is -0.352 e. The Balaban J connectivity index is 2.26. The van der Waals surface area contributed by atoms with Crippen molar-refractivity contribution >= 4 is 11.8 Å². The van der Waals surface area contributed by atoms with Crippen molar-refractivity contribution in [1.82, 2.24) is 10.2 Å². The van der Waals surface area contributed by atoms with Gasteiger partial charge in [-0.1, -0.05) is 20.8 Å². The first-order chi connectivity index (χ1) is 9.99. The molecule has 0 spiro atoms. The molecule has 2 amide bonds. The zero-order valence-electron chi connectivity index (χ0n) is 15.3. The number of likely N-dealkylation sites (tertiary alicyclic amines) is 1. The summed E-state index contributed by atoms with van der Waals surface area (Å²) in [5, 5.41) is 2.93. The minimum absolute atomic E-state index is 0.0340. The van der Waals surface area contributed by atoms with E-state index in [-0.39, 0.29) is 17.4 Å². The van der Waals surface area contributed by atoms with Crippen molar-refractivity contribution in [2.45, 2.75) is 79.2 Å². The van der Waals surface area contributed by atoms with Gasteiger partial charge < -0.3 is 10.2 Å². The highest BCUT2D eigenvalue weighted by Gasteiger charge is 2.30. The summed E-state index contributed by atoms with van der Waals surface area (Å²) in [6.07, 6.45) is 3.75. The zero-order valence-corrected chi connectivity index (χ0v) is 15.3. The highest BCUT2D eigenvalue weighted by molar-refractivity contribution is 5.79. The van der Waals surface area contributed by atoms with E-state index in [1.165, 1.54) is 0 Å². The van der Waals surface area contributed by atoms with Gasteiger partial charge in [0.2, 0.25) is 11.8 Å². The summed E-state index contributed by atoms with van der Waals surface area (Å²) in [6, 6.07) is 0. The molecule has 4 nitrogen and oxygen atoms in total. The molecule has 0 unspecified atom stereocenters. The third kappa shape index (κ3) is 6.80. The number of hydrogen-bond donors (Lipinski definition) is 1. The summed E-state index contributed by atoms with van der Waals surface area (Å²) >= 11 is 0. The highest BCUT2D eigenvalue weighted by atomic mass is 16.2. The minimum atomic E-state index is -0.198. The van der Waals surface area contributed by atoms with E-state index < -0.39 is 0 Å². The Bertz CT molecular complexity index is 383. The molecule has 0 atom stereocenters. The summed E-state index contributed by atoms with van der Waals surface area (Å²) in [7, 11) is 0. The molecule has 1 saturated heterocycles. The van der Waals surface area contributed by atoms with E-state index in [1.807, 2.05) is 25.7 Å². The van der Waals surface area contributed by atoms with Gasteiger partial charge >= 0.3 is 0 Å². The lowest BCUT2D eigenvalue weighted by Crippen LogP contribution is -2.42. The second-order valence-electron chi connectivity index (χ2n) is 8.67. The molecule has 0 aromatic heterocycles. The molecule has 0 aromatic carbocycles. The number of amides is 2. The van der Waals surface area contributed by atoms with Crippen LogP contribution in [0.25, 0.3) is 0 Å². The molecule has 1 fully saturated rings. The predicted octanol–water partition coefficient (Wildman–Crippen LogP) is 3.36. The number of carbonyl (C=O) groups excluding carboxylic acids is 2. The van der Waals surface area contributed by atoms with E-state index in [1.54, 1.807) is 0 Å². The summed E-state index contributed by atoms with van der Waals surface area (Å²) in [6.45, 7) is 14.5. The maximum Gasteiger partial charge on any atom is 0.222 e. The van der Waals surface area contributed by atoms with E-state index in [0.29, 0.717) is 30.6 Å². The summed E-state index contributed by atoms with van der Waals surface area (Å²) in [4.78, 5) is 25.9. The maximum absolute atomic E-state index is 12.2. The van der Waals surface area contributed by atoms with Gasteiger partial charge in [0.1, 0.15) is 0 Å². The third-order valence-electron chi connectivity index (χ3n) is 4.38. The Kier molecular flexibility index (Phi) is 6.45. The van der Waals surface area contributed by atoms with Crippen LogP contribution in [0.15, 0.2) is 0 Å². The molecular formula is C18H34N2O2. The predicted molar refractivity (Wildman–Crippen MR) is 90.5 cm³/mol. The van der Waals surface area contributed by atoms with Crippen LogP contribution < -0.4 is 5.32 Å². The van der Waals surface area contributed by atoms with Gasteiger partial charge in [0.25, 0.3) is 0 Å². The third-order valence-corrected chi connectivity index (χ3v) is 4.38. The van der Waals surface area contributed by atoms with E-state index in [4.69, 9.17) is 0 Å². The van der Waals surface area contributed by atoms with E-state index in [0.717, 1.165) is 25.9 Å². The first-order valence-electron chi connectivity index (χ1n) is 8.58. The van der Waals surface area contributed by atoms with Crippen molar-refractivity contribution in [3.05, 3.63) is 0 Å². The lowest BCUT2D eigenvalue weighted by molar-refractivity contribution is -0.133. The molecule has 0 radical (unpaired) electrons. The number of hydrogen-bond acceptors (Lipinski definition) is 2. The van der Waals surface area contributed by atoms with Crippen LogP contribution >= 0.6 is 0 Å². The molecule has 0 saturated carbocycles. The maximum atomic E-state index is 12.2. The molecule has 0 aromatic rings. The van der Waals surface area contributed by atoms with Crippen molar-refractivity contribution in [2.75, 3.05) is 13.1 Å². The number of nitrogens with one attached hydrogen (secondary N) is 1. The van der Waals surface area contributed by atoms with E-state index >= 15 is 0 Å². The molecule has 1 rings (SSSR count). The first-order valence-corrected chi connectivity index (χ1v) is 8.58. The Morgan fingerprint density at radius 2 is 1.55 bits per heavy atom. The molecule has 1 aliphatic heterocycles. The Morgan fingerprint density at radius 3 is 2.00 bits per heavy atom. The summed E-state index contributed by atoms with van der Waals surface area (Å²) < 4.78 is 0. The zero-order chi connectivity index (χ0) is 17.0. The highest BCUT2D eigenvalue weighted by Crippen LogP contribution is 2.34. The Morgan fingerprint density at radius 1 is 1.00 bits per heavy atom. The van der Waals surface area contributed by atoms with Gasteiger partial charge in [0.05, 0.1) is 0 Å². The fourth-order valence-corrected chi connectivity index (χ4v) is 3.03. The van der Waals surface area contributed by atoms with E-state index in [2.05, 4.69) is 26.1 Å². The van der Waals surface area contributed by atoms with Gasteiger partial charge in [-0.15, -0.1) is 0 Å². The van der Waals surface area contributed by atoms with Crippen LogP contribution in [0.1, 0.15) is 73.6 Å².